The molecule has 3 rings (SSSR count). The molecular weight excluding hydrogens is 349 g/mol. The maximum Gasteiger partial charge on any atom is 0.417 e. The Labute approximate surface area is 148 Å². The first-order valence-corrected chi connectivity index (χ1v) is 8.07. The smallest absolute Gasteiger partial charge is 0.354 e. The Morgan fingerprint density at radius 1 is 1.12 bits per heavy atom. The van der Waals surface area contributed by atoms with Gasteiger partial charge in [-0.25, -0.2) is 4.98 Å². The van der Waals surface area contributed by atoms with E-state index in [1.54, 1.807) is 12.1 Å². The summed E-state index contributed by atoms with van der Waals surface area (Å²) in [5.74, 6) is 0.521. The third-order valence-corrected chi connectivity index (χ3v) is 4.30. The van der Waals surface area contributed by atoms with Crippen LogP contribution in [0.2, 0.25) is 0 Å². The molecular formula is C17H17F3N4O2. The van der Waals surface area contributed by atoms with Crippen LogP contribution in [-0.4, -0.2) is 41.0 Å². The lowest BCUT2D eigenvalue weighted by Crippen LogP contribution is -2.46. The van der Waals surface area contributed by atoms with Gasteiger partial charge < -0.3 is 4.90 Å². The highest BCUT2D eigenvalue weighted by Crippen LogP contribution is 2.29. The van der Waals surface area contributed by atoms with Gasteiger partial charge in [-0.15, -0.1) is 0 Å². The number of nitro groups is 1. The summed E-state index contributed by atoms with van der Waals surface area (Å²) in [6.45, 7) is 3.26. The van der Waals surface area contributed by atoms with E-state index in [0.29, 0.717) is 38.5 Å². The minimum Gasteiger partial charge on any atom is -0.354 e. The molecule has 0 saturated carbocycles. The number of nitro benzene ring substituents is 1. The van der Waals surface area contributed by atoms with E-state index in [1.165, 1.54) is 12.1 Å². The van der Waals surface area contributed by atoms with Crippen LogP contribution in [0.15, 0.2) is 42.6 Å². The highest BCUT2D eigenvalue weighted by molar-refractivity contribution is 5.40. The van der Waals surface area contributed by atoms with Gasteiger partial charge in [0.1, 0.15) is 5.82 Å². The molecule has 1 aromatic carbocycles. The summed E-state index contributed by atoms with van der Waals surface area (Å²) in [4.78, 5) is 18.4. The Morgan fingerprint density at radius 2 is 1.85 bits per heavy atom. The fourth-order valence-corrected chi connectivity index (χ4v) is 2.90. The molecule has 0 radical (unpaired) electrons. The number of alkyl halides is 3. The number of halogens is 3. The van der Waals surface area contributed by atoms with Crippen LogP contribution in [0.3, 0.4) is 0 Å². The van der Waals surface area contributed by atoms with Crippen molar-refractivity contribution in [3.05, 3.63) is 63.8 Å². The molecule has 0 amide bonds. The van der Waals surface area contributed by atoms with Crippen LogP contribution >= 0.6 is 0 Å². The van der Waals surface area contributed by atoms with Gasteiger partial charge in [0.25, 0.3) is 5.69 Å². The van der Waals surface area contributed by atoms with Gasteiger partial charge in [-0.2, -0.15) is 13.2 Å². The second-order valence-electron chi connectivity index (χ2n) is 6.09. The summed E-state index contributed by atoms with van der Waals surface area (Å²) in [5.41, 5.74) is 0.168. The standard InChI is InChI=1S/C17H17F3N4O2/c18-17(19,20)14-4-5-16(21-11-14)23-8-6-22(7-9-23)12-13-2-1-3-15(10-13)24(25)26/h1-5,10-11H,6-9,12H2. The third kappa shape index (κ3) is 4.29. The van der Waals surface area contributed by atoms with Crippen molar-refractivity contribution in [2.75, 3.05) is 31.1 Å². The summed E-state index contributed by atoms with van der Waals surface area (Å²) >= 11 is 0. The molecule has 1 aliphatic rings. The number of hydrogen-bond acceptors (Lipinski definition) is 5. The number of anilines is 1. The van der Waals surface area contributed by atoms with Crippen LogP contribution in [0.1, 0.15) is 11.1 Å². The van der Waals surface area contributed by atoms with Crippen LogP contribution in [0.5, 0.6) is 0 Å². The molecule has 1 aromatic heterocycles. The lowest BCUT2D eigenvalue weighted by molar-refractivity contribution is -0.384. The SMILES string of the molecule is O=[N+]([O-])c1cccc(CN2CCN(c3ccc(C(F)(F)F)cn3)CC2)c1. The maximum absolute atomic E-state index is 12.6. The van der Waals surface area contributed by atoms with Gasteiger partial charge in [0.15, 0.2) is 0 Å². The van der Waals surface area contributed by atoms with E-state index >= 15 is 0 Å². The zero-order valence-corrected chi connectivity index (χ0v) is 13.8. The number of aromatic nitrogens is 1. The first-order valence-electron chi connectivity index (χ1n) is 8.07. The highest BCUT2D eigenvalue weighted by Gasteiger charge is 2.31. The molecule has 0 N–H and O–H groups in total. The van der Waals surface area contributed by atoms with E-state index in [-0.39, 0.29) is 5.69 Å². The Bertz CT molecular complexity index is 772. The molecule has 0 unspecified atom stereocenters. The molecule has 2 heterocycles. The Hall–Kier alpha value is -2.68. The summed E-state index contributed by atoms with van der Waals surface area (Å²) < 4.78 is 37.8. The van der Waals surface area contributed by atoms with Crippen molar-refractivity contribution >= 4 is 11.5 Å². The normalized spacial score (nSPS) is 15.9. The Morgan fingerprint density at radius 3 is 2.42 bits per heavy atom. The Balaban J connectivity index is 1.57. The molecule has 138 valence electrons. The van der Waals surface area contributed by atoms with E-state index in [1.807, 2.05) is 11.0 Å². The van der Waals surface area contributed by atoms with Gasteiger partial charge in [-0.1, -0.05) is 12.1 Å². The van der Waals surface area contributed by atoms with Gasteiger partial charge in [-0.05, 0) is 17.7 Å². The summed E-state index contributed by atoms with van der Waals surface area (Å²) in [5, 5.41) is 10.8. The predicted octanol–water partition coefficient (Wildman–Crippen LogP) is 3.33. The zero-order chi connectivity index (χ0) is 18.7. The number of benzene rings is 1. The molecule has 1 aliphatic heterocycles. The average Bonchev–Trinajstić information content (AvgIpc) is 2.62. The van der Waals surface area contributed by atoms with Crippen molar-refractivity contribution in [1.29, 1.82) is 0 Å². The van der Waals surface area contributed by atoms with Gasteiger partial charge in [0.2, 0.25) is 0 Å². The van der Waals surface area contributed by atoms with E-state index in [9.17, 15) is 23.3 Å². The van der Waals surface area contributed by atoms with Crippen molar-refractivity contribution in [2.24, 2.45) is 0 Å². The molecule has 0 atom stereocenters. The predicted molar refractivity (Wildman–Crippen MR) is 89.8 cm³/mol. The quantitative estimate of drug-likeness (QED) is 0.614. The van der Waals surface area contributed by atoms with Crippen molar-refractivity contribution in [3.63, 3.8) is 0 Å². The minimum atomic E-state index is -4.39. The molecule has 0 spiro atoms. The van der Waals surface area contributed by atoms with Crippen LogP contribution in [0.25, 0.3) is 0 Å². The number of non-ortho nitro benzene ring substituents is 1. The van der Waals surface area contributed by atoms with E-state index in [2.05, 4.69) is 9.88 Å². The first kappa shape index (κ1) is 18.1. The van der Waals surface area contributed by atoms with Crippen molar-refractivity contribution in [2.45, 2.75) is 12.7 Å². The second-order valence-corrected chi connectivity index (χ2v) is 6.09. The largest absolute Gasteiger partial charge is 0.417 e. The third-order valence-electron chi connectivity index (χ3n) is 4.30. The van der Waals surface area contributed by atoms with E-state index in [4.69, 9.17) is 0 Å². The number of hydrogen-bond donors (Lipinski definition) is 0. The molecule has 6 nitrogen and oxygen atoms in total. The lowest BCUT2D eigenvalue weighted by Gasteiger charge is -2.35. The number of rotatable bonds is 4. The molecule has 1 saturated heterocycles. The minimum absolute atomic E-state index is 0.0649. The topological polar surface area (TPSA) is 62.5 Å². The second kappa shape index (κ2) is 7.28. The van der Waals surface area contributed by atoms with Gasteiger partial charge in [-0.3, -0.25) is 15.0 Å². The van der Waals surface area contributed by atoms with Crippen LogP contribution in [-0.2, 0) is 12.7 Å². The fraction of sp³-hybridized carbons (Fsp3) is 0.353. The Kier molecular flexibility index (Phi) is 5.08. The first-order chi connectivity index (χ1) is 12.3. The van der Waals surface area contributed by atoms with Crippen molar-refractivity contribution in [1.82, 2.24) is 9.88 Å². The lowest BCUT2D eigenvalue weighted by atomic mass is 10.1. The van der Waals surface area contributed by atoms with Crippen LogP contribution in [0.4, 0.5) is 24.7 Å². The van der Waals surface area contributed by atoms with Gasteiger partial charge >= 0.3 is 6.18 Å². The van der Waals surface area contributed by atoms with E-state index in [0.717, 1.165) is 17.8 Å². The summed E-state index contributed by atoms with van der Waals surface area (Å²) in [7, 11) is 0. The van der Waals surface area contributed by atoms with Gasteiger partial charge in [0.05, 0.1) is 10.5 Å². The molecule has 0 bridgehead atoms. The van der Waals surface area contributed by atoms with Crippen molar-refractivity contribution in [3.8, 4) is 0 Å². The average molecular weight is 366 g/mol. The van der Waals surface area contributed by atoms with E-state index < -0.39 is 16.7 Å². The van der Waals surface area contributed by atoms with Crippen molar-refractivity contribution < 1.29 is 18.1 Å². The summed E-state index contributed by atoms with van der Waals surface area (Å²) in [6.07, 6.45) is -3.53. The number of piperazine rings is 1. The summed E-state index contributed by atoms with van der Waals surface area (Å²) in [6, 6.07) is 8.95. The maximum atomic E-state index is 12.6. The van der Waals surface area contributed by atoms with Gasteiger partial charge in [0, 0.05) is 51.1 Å². The van der Waals surface area contributed by atoms with Crippen LogP contribution in [0, 0.1) is 10.1 Å². The molecule has 26 heavy (non-hydrogen) atoms. The molecule has 0 aliphatic carbocycles. The fourth-order valence-electron chi connectivity index (χ4n) is 2.90. The van der Waals surface area contributed by atoms with Crippen LogP contribution < -0.4 is 4.90 Å². The molecule has 9 heteroatoms. The zero-order valence-electron chi connectivity index (χ0n) is 13.8. The monoisotopic (exact) mass is 366 g/mol. The highest BCUT2D eigenvalue weighted by atomic mass is 19.4. The number of nitrogens with zero attached hydrogens (tertiary/aromatic N) is 4. The number of pyridine rings is 1. The molecule has 2 aromatic rings. The molecule has 1 fully saturated rings.